The summed E-state index contributed by atoms with van der Waals surface area (Å²) in [6.45, 7) is 0. The summed E-state index contributed by atoms with van der Waals surface area (Å²) in [5.74, 6) is 0.482. The molecule has 0 saturated heterocycles. The number of hydrogen-bond acceptors (Lipinski definition) is 2. The van der Waals surface area contributed by atoms with Gasteiger partial charge in [0.2, 0.25) is 0 Å². The molecule has 1 aromatic heterocycles. The Bertz CT molecular complexity index is 644. The summed E-state index contributed by atoms with van der Waals surface area (Å²) in [7, 11) is 0. The third-order valence-electron chi connectivity index (χ3n) is 2.68. The number of aromatic nitrogens is 3. The molecule has 4 heteroatoms. The molecule has 0 spiro atoms. The second kappa shape index (κ2) is 4.41. The lowest BCUT2D eigenvalue weighted by molar-refractivity contribution is 0.627. The van der Waals surface area contributed by atoms with Crippen LogP contribution in [0.1, 0.15) is 0 Å². The maximum atomic E-state index is 12.9. The van der Waals surface area contributed by atoms with Gasteiger partial charge < -0.3 is 0 Å². The first-order valence-corrected chi connectivity index (χ1v) is 5.56. The zero-order valence-electron chi connectivity index (χ0n) is 9.49. The van der Waals surface area contributed by atoms with Gasteiger partial charge in [0.05, 0.1) is 0 Å². The third-order valence-corrected chi connectivity index (χ3v) is 2.68. The molecule has 0 aliphatic rings. The van der Waals surface area contributed by atoms with Crippen LogP contribution < -0.4 is 0 Å². The highest BCUT2D eigenvalue weighted by Gasteiger charge is 2.08. The van der Waals surface area contributed by atoms with Gasteiger partial charge in [0, 0.05) is 11.3 Å². The summed E-state index contributed by atoms with van der Waals surface area (Å²) in [5.41, 5.74) is 1.81. The molecule has 2 aromatic carbocycles. The van der Waals surface area contributed by atoms with Crippen molar-refractivity contribution in [1.82, 2.24) is 14.8 Å². The van der Waals surface area contributed by atoms with Gasteiger partial charge in [0.25, 0.3) is 0 Å². The first kappa shape index (κ1) is 10.7. The van der Waals surface area contributed by atoms with E-state index in [4.69, 9.17) is 0 Å². The topological polar surface area (TPSA) is 30.7 Å². The highest BCUT2D eigenvalue weighted by molar-refractivity contribution is 5.57. The van der Waals surface area contributed by atoms with Gasteiger partial charge in [-0.2, -0.15) is 0 Å². The fraction of sp³-hybridized carbons (Fsp3) is 0. The molecule has 88 valence electrons. The van der Waals surface area contributed by atoms with Crippen molar-refractivity contribution in [3.8, 4) is 17.1 Å². The number of rotatable bonds is 2. The van der Waals surface area contributed by atoms with Gasteiger partial charge in [-0.3, -0.25) is 4.57 Å². The van der Waals surface area contributed by atoms with Gasteiger partial charge in [-0.05, 0) is 24.3 Å². The molecule has 1 heterocycles. The maximum absolute atomic E-state index is 12.9. The fourth-order valence-corrected chi connectivity index (χ4v) is 1.81. The lowest BCUT2D eigenvalue weighted by Crippen LogP contribution is -1.96. The van der Waals surface area contributed by atoms with Crippen molar-refractivity contribution < 1.29 is 4.39 Å². The van der Waals surface area contributed by atoms with Crippen LogP contribution in [0.15, 0.2) is 60.9 Å². The quantitative estimate of drug-likeness (QED) is 0.688. The predicted octanol–water partition coefficient (Wildman–Crippen LogP) is 3.07. The summed E-state index contributed by atoms with van der Waals surface area (Å²) in [4.78, 5) is 0. The highest BCUT2D eigenvalue weighted by Crippen LogP contribution is 2.20. The summed E-state index contributed by atoms with van der Waals surface area (Å²) in [6, 6.07) is 16.0. The van der Waals surface area contributed by atoms with Crippen molar-refractivity contribution in [3.63, 3.8) is 0 Å². The first-order valence-electron chi connectivity index (χ1n) is 5.56. The predicted molar refractivity (Wildman–Crippen MR) is 66.8 cm³/mol. The van der Waals surface area contributed by atoms with Crippen LogP contribution in [0.25, 0.3) is 17.1 Å². The Morgan fingerprint density at radius 2 is 1.61 bits per heavy atom. The van der Waals surface area contributed by atoms with E-state index in [0.29, 0.717) is 0 Å². The van der Waals surface area contributed by atoms with Crippen LogP contribution in [0.2, 0.25) is 0 Å². The molecule has 0 N–H and O–H groups in total. The minimum Gasteiger partial charge on any atom is -0.282 e. The van der Waals surface area contributed by atoms with Gasteiger partial charge in [-0.15, -0.1) is 10.2 Å². The molecule has 18 heavy (non-hydrogen) atoms. The molecule has 0 saturated carbocycles. The first-order chi connectivity index (χ1) is 8.84. The van der Waals surface area contributed by atoms with Crippen molar-refractivity contribution in [2.24, 2.45) is 0 Å². The van der Waals surface area contributed by atoms with E-state index in [1.165, 1.54) is 12.1 Å². The molecule has 0 aliphatic heterocycles. The van der Waals surface area contributed by atoms with E-state index in [1.807, 2.05) is 34.9 Å². The van der Waals surface area contributed by atoms with Crippen molar-refractivity contribution in [2.45, 2.75) is 0 Å². The average molecular weight is 239 g/mol. The Morgan fingerprint density at radius 3 is 2.33 bits per heavy atom. The van der Waals surface area contributed by atoms with Gasteiger partial charge in [0.15, 0.2) is 5.82 Å². The summed E-state index contributed by atoms with van der Waals surface area (Å²) in [6.07, 6.45) is 1.62. The van der Waals surface area contributed by atoms with Crippen LogP contribution >= 0.6 is 0 Å². The largest absolute Gasteiger partial charge is 0.282 e. The Labute approximate surface area is 104 Å². The molecule has 0 amide bonds. The fourth-order valence-electron chi connectivity index (χ4n) is 1.81. The summed E-state index contributed by atoms with van der Waals surface area (Å²) in [5, 5.41) is 8.02. The zero-order valence-corrected chi connectivity index (χ0v) is 9.49. The van der Waals surface area contributed by atoms with Crippen LogP contribution in [0.3, 0.4) is 0 Å². The Hall–Kier alpha value is -2.49. The van der Waals surface area contributed by atoms with Crippen molar-refractivity contribution in [3.05, 3.63) is 66.7 Å². The van der Waals surface area contributed by atoms with Crippen LogP contribution in [0.4, 0.5) is 4.39 Å². The van der Waals surface area contributed by atoms with Crippen LogP contribution in [0, 0.1) is 5.82 Å². The zero-order chi connectivity index (χ0) is 12.4. The SMILES string of the molecule is Fc1ccc(-n2cnnc2-c2ccccc2)cc1. The van der Waals surface area contributed by atoms with E-state index in [0.717, 1.165) is 17.1 Å². The van der Waals surface area contributed by atoms with Crippen molar-refractivity contribution in [1.29, 1.82) is 0 Å². The summed E-state index contributed by atoms with van der Waals surface area (Å²) >= 11 is 0. The Kier molecular flexibility index (Phi) is 2.61. The van der Waals surface area contributed by atoms with E-state index in [9.17, 15) is 4.39 Å². The molecule has 3 nitrogen and oxygen atoms in total. The van der Waals surface area contributed by atoms with Crippen molar-refractivity contribution >= 4 is 0 Å². The molecular formula is C14H10FN3. The lowest BCUT2D eigenvalue weighted by atomic mass is 10.2. The standard InChI is InChI=1S/C14H10FN3/c15-12-6-8-13(9-7-12)18-10-16-17-14(18)11-4-2-1-3-5-11/h1-10H. The lowest BCUT2D eigenvalue weighted by Gasteiger charge is -2.06. The molecule has 0 aliphatic carbocycles. The van der Waals surface area contributed by atoms with Crippen LogP contribution in [-0.2, 0) is 0 Å². The van der Waals surface area contributed by atoms with Crippen LogP contribution in [0.5, 0.6) is 0 Å². The second-order valence-electron chi connectivity index (χ2n) is 3.87. The summed E-state index contributed by atoms with van der Waals surface area (Å²) < 4.78 is 14.7. The smallest absolute Gasteiger partial charge is 0.168 e. The third kappa shape index (κ3) is 1.88. The number of nitrogens with zero attached hydrogens (tertiary/aromatic N) is 3. The Morgan fingerprint density at radius 1 is 0.889 bits per heavy atom. The van der Waals surface area contributed by atoms with E-state index >= 15 is 0 Å². The molecule has 3 aromatic rings. The van der Waals surface area contributed by atoms with Gasteiger partial charge in [0.1, 0.15) is 12.1 Å². The molecule has 0 unspecified atom stereocenters. The van der Waals surface area contributed by atoms with E-state index in [1.54, 1.807) is 18.5 Å². The minimum atomic E-state index is -0.256. The van der Waals surface area contributed by atoms with Crippen LogP contribution in [-0.4, -0.2) is 14.8 Å². The van der Waals surface area contributed by atoms with Gasteiger partial charge in [-0.1, -0.05) is 30.3 Å². The van der Waals surface area contributed by atoms with E-state index < -0.39 is 0 Å². The maximum Gasteiger partial charge on any atom is 0.168 e. The molecule has 3 rings (SSSR count). The molecule has 0 radical (unpaired) electrons. The Balaban J connectivity index is 2.10. The molecule has 0 bridgehead atoms. The molecule has 0 fully saturated rings. The van der Waals surface area contributed by atoms with Crippen molar-refractivity contribution in [2.75, 3.05) is 0 Å². The normalized spacial score (nSPS) is 10.5. The molecular weight excluding hydrogens is 229 g/mol. The van der Waals surface area contributed by atoms with Gasteiger partial charge >= 0.3 is 0 Å². The van der Waals surface area contributed by atoms with E-state index in [-0.39, 0.29) is 5.82 Å². The average Bonchev–Trinajstić information content (AvgIpc) is 2.90. The number of hydrogen-bond donors (Lipinski definition) is 0. The minimum absolute atomic E-state index is 0.256. The monoisotopic (exact) mass is 239 g/mol. The highest BCUT2D eigenvalue weighted by atomic mass is 19.1. The number of halogens is 1. The van der Waals surface area contributed by atoms with E-state index in [2.05, 4.69) is 10.2 Å². The molecule has 0 atom stereocenters. The second-order valence-corrected chi connectivity index (χ2v) is 3.87. The number of benzene rings is 2. The van der Waals surface area contributed by atoms with Gasteiger partial charge in [-0.25, -0.2) is 4.39 Å².